The highest BCUT2D eigenvalue weighted by Crippen LogP contribution is 2.18. The van der Waals surface area contributed by atoms with Gasteiger partial charge in [-0.25, -0.2) is 0 Å². The zero-order valence-electron chi connectivity index (χ0n) is 7.21. The lowest BCUT2D eigenvalue weighted by Gasteiger charge is -2.11. The first-order valence-corrected chi connectivity index (χ1v) is 4.38. The molecule has 62 valence electrons. The van der Waals surface area contributed by atoms with E-state index in [-0.39, 0.29) is 0 Å². The molecule has 0 amide bonds. The van der Waals surface area contributed by atoms with Gasteiger partial charge in [0.15, 0.2) is 0 Å². The Labute approximate surface area is 68.8 Å². The summed E-state index contributed by atoms with van der Waals surface area (Å²) in [6.45, 7) is 2.38. The van der Waals surface area contributed by atoms with E-state index in [4.69, 9.17) is 5.26 Å². The summed E-state index contributed by atoms with van der Waals surface area (Å²) in [5, 5.41) is 8.51. The number of rotatable bonds is 1. The van der Waals surface area contributed by atoms with Crippen LogP contribution >= 0.6 is 0 Å². The number of hydrogen-bond donors (Lipinski definition) is 0. The lowest BCUT2D eigenvalue weighted by molar-refractivity contribution is 0.342. The van der Waals surface area contributed by atoms with Gasteiger partial charge in [0.2, 0.25) is 0 Å². The van der Waals surface area contributed by atoms with E-state index in [0.29, 0.717) is 5.92 Å². The van der Waals surface area contributed by atoms with Gasteiger partial charge >= 0.3 is 0 Å². The first-order chi connectivity index (χ1) is 5.33. The van der Waals surface area contributed by atoms with E-state index in [2.05, 4.69) is 18.0 Å². The second kappa shape index (κ2) is 4.35. The summed E-state index contributed by atoms with van der Waals surface area (Å²) in [6.07, 6.45) is 4.48. The highest BCUT2D eigenvalue weighted by atomic mass is 15.1. The first kappa shape index (κ1) is 8.55. The van der Waals surface area contributed by atoms with E-state index in [1.807, 2.05) is 0 Å². The summed E-state index contributed by atoms with van der Waals surface area (Å²) in [5.74, 6) is 0.671. The molecule has 0 aromatic carbocycles. The summed E-state index contributed by atoms with van der Waals surface area (Å²) in [5.41, 5.74) is 0. The zero-order chi connectivity index (χ0) is 8.10. The highest BCUT2D eigenvalue weighted by molar-refractivity contribution is 4.78. The van der Waals surface area contributed by atoms with Gasteiger partial charge in [-0.05, 0) is 45.3 Å². The maximum Gasteiger partial charge on any atom is 0.0624 e. The molecule has 2 nitrogen and oxygen atoms in total. The van der Waals surface area contributed by atoms with Crippen LogP contribution in [0, 0.1) is 17.2 Å². The molecule has 2 heteroatoms. The Hall–Kier alpha value is -0.550. The topological polar surface area (TPSA) is 27.0 Å². The molecule has 0 aromatic heterocycles. The fourth-order valence-electron chi connectivity index (χ4n) is 1.64. The van der Waals surface area contributed by atoms with Crippen LogP contribution in [0.25, 0.3) is 0 Å². The van der Waals surface area contributed by atoms with E-state index >= 15 is 0 Å². The molecule has 1 aliphatic rings. The number of hydrogen-bond acceptors (Lipinski definition) is 2. The monoisotopic (exact) mass is 152 g/mol. The van der Waals surface area contributed by atoms with Crippen LogP contribution in [-0.2, 0) is 0 Å². The average Bonchev–Trinajstić information content (AvgIpc) is 2.17. The van der Waals surface area contributed by atoms with Crippen LogP contribution in [0.5, 0.6) is 0 Å². The van der Waals surface area contributed by atoms with Crippen molar-refractivity contribution in [1.29, 1.82) is 5.26 Å². The van der Waals surface area contributed by atoms with Crippen molar-refractivity contribution < 1.29 is 0 Å². The summed E-state index contributed by atoms with van der Waals surface area (Å²) in [4.78, 5) is 2.36. The smallest absolute Gasteiger partial charge is 0.0624 e. The number of nitrogens with zero attached hydrogens (tertiary/aromatic N) is 2. The second-order valence-electron chi connectivity index (χ2n) is 3.46. The summed E-state index contributed by atoms with van der Waals surface area (Å²) in [7, 11) is 2.16. The average molecular weight is 152 g/mol. The Morgan fingerprint density at radius 2 is 2.27 bits per heavy atom. The minimum absolute atomic E-state index is 0.671. The Bertz CT molecular complexity index is 148. The minimum Gasteiger partial charge on any atom is -0.306 e. The van der Waals surface area contributed by atoms with Gasteiger partial charge in [0.25, 0.3) is 0 Å². The molecule has 1 rings (SSSR count). The van der Waals surface area contributed by atoms with Gasteiger partial charge in [-0.15, -0.1) is 0 Å². The van der Waals surface area contributed by atoms with E-state index in [0.717, 1.165) is 6.42 Å². The molecule has 1 fully saturated rings. The molecule has 11 heavy (non-hydrogen) atoms. The minimum atomic E-state index is 0.671. The normalized spacial score (nSPS) is 27.5. The molecular weight excluding hydrogens is 136 g/mol. The molecule has 1 unspecified atom stereocenters. The summed E-state index contributed by atoms with van der Waals surface area (Å²) in [6, 6.07) is 2.26. The molecule has 1 saturated heterocycles. The second-order valence-corrected chi connectivity index (χ2v) is 3.46. The molecule has 0 aliphatic carbocycles. The number of likely N-dealkylation sites (tertiary alicyclic amines) is 1. The molecule has 0 radical (unpaired) electrons. The van der Waals surface area contributed by atoms with Crippen molar-refractivity contribution in [2.75, 3.05) is 20.1 Å². The molecule has 0 spiro atoms. The van der Waals surface area contributed by atoms with Gasteiger partial charge in [0, 0.05) is 6.42 Å². The van der Waals surface area contributed by atoms with Crippen molar-refractivity contribution in [2.24, 2.45) is 5.92 Å². The van der Waals surface area contributed by atoms with E-state index in [1.165, 1.54) is 32.4 Å². The third-order valence-corrected chi connectivity index (χ3v) is 2.45. The Morgan fingerprint density at radius 1 is 1.45 bits per heavy atom. The van der Waals surface area contributed by atoms with E-state index in [1.54, 1.807) is 0 Å². The molecule has 0 aromatic rings. The third kappa shape index (κ3) is 2.90. The molecular formula is C9H16N2. The standard InChI is InChI=1S/C9H16N2/c1-11-7-2-3-9(4-6-10)5-8-11/h9H,2-5,7-8H2,1H3. The third-order valence-electron chi connectivity index (χ3n) is 2.45. The molecule has 0 N–H and O–H groups in total. The maximum atomic E-state index is 8.51. The van der Waals surface area contributed by atoms with Gasteiger partial charge in [0.05, 0.1) is 6.07 Å². The van der Waals surface area contributed by atoms with E-state index < -0.39 is 0 Å². The predicted octanol–water partition coefficient (Wildman–Crippen LogP) is 1.63. The maximum absolute atomic E-state index is 8.51. The van der Waals surface area contributed by atoms with Crippen LogP contribution in [0.1, 0.15) is 25.7 Å². The van der Waals surface area contributed by atoms with Crippen molar-refractivity contribution in [3.8, 4) is 6.07 Å². The fourth-order valence-corrected chi connectivity index (χ4v) is 1.64. The Balaban J connectivity index is 2.29. The van der Waals surface area contributed by atoms with Gasteiger partial charge in [0.1, 0.15) is 0 Å². The van der Waals surface area contributed by atoms with E-state index in [9.17, 15) is 0 Å². The lowest BCUT2D eigenvalue weighted by Crippen LogP contribution is -2.18. The Kier molecular flexibility index (Phi) is 3.38. The zero-order valence-corrected chi connectivity index (χ0v) is 7.21. The van der Waals surface area contributed by atoms with Gasteiger partial charge in [-0.3, -0.25) is 0 Å². The van der Waals surface area contributed by atoms with Gasteiger partial charge in [-0.1, -0.05) is 0 Å². The predicted molar refractivity (Wildman–Crippen MR) is 45.1 cm³/mol. The summed E-state index contributed by atoms with van der Waals surface area (Å²) < 4.78 is 0. The van der Waals surface area contributed by atoms with Crippen LogP contribution in [0.2, 0.25) is 0 Å². The summed E-state index contributed by atoms with van der Waals surface area (Å²) >= 11 is 0. The van der Waals surface area contributed by atoms with Crippen LogP contribution in [0.3, 0.4) is 0 Å². The van der Waals surface area contributed by atoms with Crippen LogP contribution in [0.15, 0.2) is 0 Å². The molecule has 0 bridgehead atoms. The highest BCUT2D eigenvalue weighted by Gasteiger charge is 2.13. The molecule has 0 saturated carbocycles. The largest absolute Gasteiger partial charge is 0.306 e. The van der Waals surface area contributed by atoms with Crippen LogP contribution in [-0.4, -0.2) is 25.0 Å². The molecule has 1 atom stereocenters. The van der Waals surface area contributed by atoms with Crippen molar-refractivity contribution in [1.82, 2.24) is 4.90 Å². The first-order valence-electron chi connectivity index (χ1n) is 4.38. The molecule has 1 heterocycles. The lowest BCUT2D eigenvalue weighted by atomic mass is 9.98. The van der Waals surface area contributed by atoms with Crippen molar-refractivity contribution >= 4 is 0 Å². The van der Waals surface area contributed by atoms with Crippen molar-refractivity contribution in [2.45, 2.75) is 25.7 Å². The SMILES string of the molecule is CN1CCCC(CC#N)CC1. The number of nitriles is 1. The fraction of sp³-hybridized carbons (Fsp3) is 0.889. The molecule has 1 aliphatic heterocycles. The Morgan fingerprint density at radius 3 is 3.00 bits per heavy atom. The van der Waals surface area contributed by atoms with Crippen LogP contribution in [0.4, 0.5) is 0 Å². The van der Waals surface area contributed by atoms with Gasteiger partial charge in [-0.2, -0.15) is 5.26 Å². The van der Waals surface area contributed by atoms with Crippen molar-refractivity contribution in [3.63, 3.8) is 0 Å². The van der Waals surface area contributed by atoms with Crippen LogP contribution < -0.4 is 0 Å². The van der Waals surface area contributed by atoms with Crippen molar-refractivity contribution in [3.05, 3.63) is 0 Å². The van der Waals surface area contributed by atoms with Gasteiger partial charge < -0.3 is 4.90 Å². The quantitative estimate of drug-likeness (QED) is 0.571.